The van der Waals surface area contributed by atoms with Gasteiger partial charge in [0.05, 0.1) is 19.1 Å². The molecule has 0 N–H and O–H groups in total. The minimum Gasteiger partial charge on any atom is -0.462 e. The molecule has 0 saturated carbocycles. The molecule has 1 aliphatic heterocycles. The Labute approximate surface area is 82.9 Å². The van der Waals surface area contributed by atoms with Crippen LogP contribution in [0.2, 0.25) is 0 Å². The number of cyclic esters (lactones) is 1. The summed E-state index contributed by atoms with van der Waals surface area (Å²) < 4.78 is 9.63. The molecule has 0 atom stereocenters. The summed E-state index contributed by atoms with van der Waals surface area (Å²) in [5, 5.41) is 0. The van der Waals surface area contributed by atoms with Crippen LogP contribution in [-0.4, -0.2) is 18.5 Å². The highest BCUT2D eigenvalue weighted by molar-refractivity contribution is 5.84. The van der Waals surface area contributed by atoms with E-state index in [1.807, 2.05) is 6.92 Å². The van der Waals surface area contributed by atoms with Gasteiger partial charge in [-0.25, -0.2) is 4.79 Å². The largest absolute Gasteiger partial charge is 0.462 e. The molecule has 0 aliphatic carbocycles. The molecule has 1 aliphatic rings. The van der Waals surface area contributed by atoms with Crippen LogP contribution in [0.5, 0.6) is 0 Å². The van der Waals surface area contributed by atoms with Gasteiger partial charge in [-0.1, -0.05) is 13.3 Å². The quantitative estimate of drug-likeness (QED) is 0.390. The van der Waals surface area contributed by atoms with Crippen LogP contribution in [0, 0.1) is 0 Å². The number of ether oxygens (including phenoxy) is 2. The molecule has 4 heteroatoms. The molecule has 0 aromatic carbocycles. The van der Waals surface area contributed by atoms with Gasteiger partial charge in [-0.15, -0.1) is 0 Å². The van der Waals surface area contributed by atoms with Gasteiger partial charge in [-0.05, 0) is 6.42 Å². The number of carbonyl (C=O) groups excluding carboxylic acids is 2. The summed E-state index contributed by atoms with van der Waals surface area (Å²) in [7, 11) is 0. The summed E-state index contributed by atoms with van der Waals surface area (Å²) in [4.78, 5) is 21.8. The van der Waals surface area contributed by atoms with E-state index in [1.165, 1.54) is 6.08 Å². The highest BCUT2D eigenvalue weighted by atomic mass is 16.6. The van der Waals surface area contributed by atoms with Crippen molar-refractivity contribution in [2.24, 2.45) is 0 Å². The summed E-state index contributed by atoms with van der Waals surface area (Å²) in [5.74, 6) is -0.294. The third kappa shape index (κ3) is 3.60. The molecule has 0 aromatic heterocycles. The smallest absolute Gasteiger partial charge is 0.334 e. The Morgan fingerprint density at radius 2 is 2.36 bits per heavy atom. The highest BCUT2D eigenvalue weighted by Gasteiger charge is 2.18. The number of rotatable bonds is 4. The zero-order valence-corrected chi connectivity index (χ0v) is 8.25. The summed E-state index contributed by atoms with van der Waals surface area (Å²) in [5.41, 5.74) is 0. The first-order valence-corrected chi connectivity index (χ1v) is 4.80. The second-order valence-corrected chi connectivity index (χ2v) is 3.11. The normalized spacial score (nSPS) is 18.4. The van der Waals surface area contributed by atoms with E-state index in [1.54, 1.807) is 0 Å². The van der Waals surface area contributed by atoms with Crippen molar-refractivity contribution in [1.82, 2.24) is 0 Å². The van der Waals surface area contributed by atoms with Crippen LogP contribution in [0.25, 0.3) is 0 Å². The van der Waals surface area contributed by atoms with Gasteiger partial charge in [0, 0.05) is 6.42 Å². The first-order valence-electron chi connectivity index (χ1n) is 4.80. The zero-order valence-electron chi connectivity index (χ0n) is 8.25. The third-order valence-electron chi connectivity index (χ3n) is 1.84. The fourth-order valence-corrected chi connectivity index (χ4v) is 1.07. The average Bonchev–Trinajstić information content (AvgIpc) is 2.52. The SMILES string of the molecule is CCCCOC(=O)/C=C1\CCC(=O)O1. The molecule has 1 rings (SSSR count). The number of allylic oxidation sites excluding steroid dienone is 1. The number of carbonyl (C=O) groups is 2. The lowest BCUT2D eigenvalue weighted by atomic mass is 10.3. The molecule has 4 nitrogen and oxygen atoms in total. The molecule has 0 bridgehead atoms. The van der Waals surface area contributed by atoms with Gasteiger partial charge in [0.15, 0.2) is 0 Å². The number of esters is 2. The predicted molar refractivity (Wildman–Crippen MR) is 49.3 cm³/mol. The lowest BCUT2D eigenvalue weighted by molar-refractivity contribution is -0.138. The Kier molecular flexibility index (Phi) is 4.16. The van der Waals surface area contributed by atoms with Crippen molar-refractivity contribution in [2.45, 2.75) is 32.6 Å². The second kappa shape index (κ2) is 5.42. The molecule has 1 fully saturated rings. The minimum atomic E-state index is -0.428. The molecule has 14 heavy (non-hydrogen) atoms. The van der Waals surface area contributed by atoms with Crippen molar-refractivity contribution in [3.63, 3.8) is 0 Å². The lowest BCUT2D eigenvalue weighted by Gasteiger charge is -2.00. The van der Waals surface area contributed by atoms with E-state index in [-0.39, 0.29) is 5.97 Å². The van der Waals surface area contributed by atoms with Crippen molar-refractivity contribution in [3.05, 3.63) is 11.8 Å². The van der Waals surface area contributed by atoms with Gasteiger partial charge in [-0.3, -0.25) is 4.79 Å². The Bertz CT molecular complexity index is 255. The van der Waals surface area contributed by atoms with Crippen molar-refractivity contribution in [2.75, 3.05) is 6.61 Å². The van der Waals surface area contributed by atoms with E-state index in [9.17, 15) is 9.59 Å². The van der Waals surface area contributed by atoms with Crippen LogP contribution < -0.4 is 0 Å². The standard InChI is InChI=1S/C10H14O4/c1-2-3-6-13-10(12)7-8-4-5-9(11)14-8/h7H,2-6H2,1H3/b8-7+. The summed E-state index contributed by atoms with van der Waals surface area (Å²) in [6.07, 6.45) is 3.95. The molecule has 0 spiro atoms. The Morgan fingerprint density at radius 3 is 2.93 bits per heavy atom. The molecule has 0 amide bonds. The number of hydrogen-bond donors (Lipinski definition) is 0. The van der Waals surface area contributed by atoms with Crippen molar-refractivity contribution in [1.29, 1.82) is 0 Å². The second-order valence-electron chi connectivity index (χ2n) is 3.11. The van der Waals surface area contributed by atoms with Crippen LogP contribution in [0.1, 0.15) is 32.6 Å². The van der Waals surface area contributed by atoms with Crippen LogP contribution in [0.15, 0.2) is 11.8 Å². The molecular weight excluding hydrogens is 184 g/mol. The third-order valence-corrected chi connectivity index (χ3v) is 1.84. The molecule has 0 aromatic rings. The maximum absolute atomic E-state index is 11.1. The molecule has 1 saturated heterocycles. The number of hydrogen-bond acceptors (Lipinski definition) is 4. The first-order chi connectivity index (χ1) is 6.72. The van der Waals surface area contributed by atoms with Crippen LogP contribution >= 0.6 is 0 Å². The van der Waals surface area contributed by atoms with E-state index in [2.05, 4.69) is 0 Å². The molecular formula is C10H14O4. The monoisotopic (exact) mass is 198 g/mol. The summed E-state index contributed by atoms with van der Waals surface area (Å²) in [6.45, 7) is 2.44. The zero-order chi connectivity index (χ0) is 10.4. The van der Waals surface area contributed by atoms with E-state index in [0.29, 0.717) is 25.2 Å². The van der Waals surface area contributed by atoms with E-state index in [0.717, 1.165) is 12.8 Å². The maximum atomic E-state index is 11.1. The van der Waals surface area contributed by atoms with Gasteiger partial charge in [-0.2, -0.15) is 0 Å². The van der Waals surface area contributed by atoms with Crippen LogP contribution in [-0.2, 0) is 19.1 Å². The van der Waals surface area contributed by atoms with Gasteiger partial charge >= 0.3 is 11.9 Å². The lowest BCUT2D eigenvalue weighted by Crippen LogP contribution is -2.03. The predicted octanol–water partition coefficient (Wildman–Crippen LogP) is 1.55. The maximum Gasteiger partial charge on any atom is 0.334 e. The molecule has 0 unspecified atom stereocenters. The fraction of sp³-hybridized carbons (Fsp3) is 0.600. The summed E-state index contributed by atoms with van der Waals surface area (Å²) >= 11 is 0. The Balaban J connectivity index is 2.28. The van der Waals surface area contributed by atoms with E-state index in [4.69, 9.17) is 9.47 Å². The highest BCUT2D eigenvalue weighted by Crippen LogP contribution is 2.17. The first kappa shape index (κ1) is 10.8. The van der Waals surface area contributed by atoms with Crippen molar-refractivity contribution in [3.8, 4) is 0 Å². The van der Waals surface area contributed by atoms with Crippen LogP contribution in [0.4, 0.5) is 0 Å². The molecule has 0 radical (unpaired) electrons. The van der Waals surface area contributed by atoms with Crippen molar-refractivity contribution >= 4 is 11.9 Å². The summed E-state index contributed by atoms with van der Waals surface area (Å²) in [6, 6.07) is 0. The molecule has 78 valence electrons. The van der Waals surface area contributed by atoms with Crippen molar-refractivity contribution < 1.29 is 19.1 Å². The van der Waals surface area contributed by atoms with Gasteiger partial charge < -0.3 is 9.47 Å². The van der Waals surface area contributed by atoms with E-state index >= 15 is 0 Å². The minimum absolute atomic E-state index is 0.280. The Hall–Kier alpha value is -1.32. The average molecular weight is 198 g/mol. The van der Waals surface area contributed by atoms with Crippen LogP contribution in [0.3, 0.4) is 0 Å². The Morgan fingerprint density at radius 1 is 1.57 bits per heavy atom. The van der Waals surface area contributed by atoms with Gasteiger partial charge in [0.2, 0.25) is 0 Å². The van der Waals surface area contributed by atoms with Gasteiger partial charge in [0.25, 0.3) is 0 Å². The topological polar surface area (TPSA) is 52.6 Å². The fourth-order valence-electron chi connectivity index (χ4n) is 1.07. The molecule has 1 heterocycles. The number of unbranched alkanes of at least 4 members (excludes halogenated alkanes) is 1. The van der Waals surface area contributed by atoms with Gasteiger partial charge in [0.1, 0.15) is 5.76 Å². The van der Waals surface area contributed by atoms with E-state index < -0.39 is 5.97 Å².